The van der Waals surface area contributed by atoms with Crippen LogP contribution in [-0.4, -0.2) is 17.6 Å². The van der Waals surface area contributed by atoms with Gasteiger partial charge in [-0.1, -0.05) is 36.4 Å². The van der Waals surface area contributed by atoms with Gasteiger partial charge < -0.3 is 4.90 Å². The average molecular weight is 298 g/mol. The van der Waals surface area contributed by atoms with Gasteiger partial charge in [0, 0.05) is 17.8 Å². The number of rotatable bonds is 1. The molecule has 0 aromatic heterocycles. The number of thiocarbonyl (C=S) groups is 1. The second-order valence-electron chi connectivity index (χ2n) is 5.28. The van der Waals surface area contributed by atoms with Gasteiger partial charge in [0.1, 0.15) is 0 Å². The maximum absolute atomic E-state index is 12.2. The molecule has 21 heavy (non-hydrogen) atoms. The molecule has 1 aromatic rings. The van der Waals surface area contributed by atoms with Gasteiger partial charge in [0.25, 0.3) is 5.91 Å². The molecule has 2 aliphatic rings. The van der Waals surface area contributed by atoms with E-state index < -0.39 is 0 Å². The summed E-state index contributed by atoms with van der Waals surface area (Å²) in [5.41, 5.74) is 3.21. The third-order valence-electron chi connectivity index (χ3n) is 3.87. The molecule has 1 aliphatic carbocycles. The lowest BCUT2D eigenvalue weighted by Crippen LogP contribution is -2.45. The van der Waals surface area contributed by atoms with Crippen molar-refractivity contribution in [2.24, 2.45) is 0 Å². The fourth-order valence-corrected chi connectivity index (χ4v) is 3.06. The summed E-state index contributed by atoms with van der Waals surface area (Å²) in [7, 11) is 0. The predicted octanol–water partition coefficient (Wildman–Crippen LogP) is 3.12. The maximum Gasteiger partial charge on any atom is 0.253 e. The van der Waals surface area contributed by atoms with Gasteiger partial charge in [0.05, 0.1) is 0 Å². The van der Waals surface area contributed by atoms with Crippen LogP contribution < -0.4 is 10.2 Å². The van der Waals surface area contributed by atoms with Crippen molar-refractivity contribution in [3.8, 4) is 0 Å². The quantitative estimate of drug-likeness (QED) is 0.638. The first-order chi connectivity index (χ1) is 10.3. The minimum Gasteiger partial charge on any atom is -0.318 e. The van der Waals surface area contributed by atoms with Crippen LogP contribution in [-0.2, 0) is 11.2 Å². The van der Waals surface area contributed by atoms with E-state index in [-0.39, 0.29) is 5.91 Å². The van der Waals surface area contributed by atoms with E-state index in [1.165, 1.54) is 5.56 Å². The van der Waals surface area contributed by atoms with Gasteiger partial charge in [0.15, 0.2) is 5.11 Å². The highest BCUT2D eigenvalue weighted by molar-refractivity contribution is 7.80. The fourth-order valence-electron chi connectivity index (χ4n) is 2.78. The molecule has 0 radical (unpaired) electrons. The molecule has 0 saturated heterocycles. The van der Waals surface area contributed by atoms with Gasteiger partial charge in [-0.3, -0.25) is 10.1 Å². The summed E-state index contributed by atoms with van der Waals surface area (Å²) in [6.45, 7) is 0.856. The summed E-state index contributed by atoms with van der Waals surface area (Å²) in [5, 5.41) is 3.38. The molecule has 1 N–H and O–H groups in total. The first-order valence-electron chi connectivity index (χ1n) is 7.30. The van der Waals surface area contributed by atoms with Crippen LogP contribution in [0.3, 0.4) is 0 Å². The molecule has 1 aliphatic heterocycles. The second-order valence-corrected chi connectivity index (χ2v) is 5.67. The van der Waals surface area contributed by atoms with E-state index in [0.29, 0.717) is 11.5 Å². The molecule has 0 unspecified atom stereocenters. The molecule has 0 saturated carbocycles. The van der Waals surface area contributed by atoms with Crippen LogP contribution in [0, 0.1) is 0 Å². The highest BCUT2D eigenvalue weighted by Crippen LogP contribution is 2.26. The summed E-state index contributed by atoms with van der Waals surface area (Å²) >= 11 is 5.44. The monoisotopic (exact) mass is 298 g/mol. The number of aryl methyl sites for hydroxylation is 1. The Morgan fingerprint density at radius 3 is 2.90 bits per heavy atom. The highest BCUT2D eigenvalue weighted by Gasteiger charge is 2.21. The molecule has 3 nitrogen and oxygen atoms in total. The van der Waals surface area contributed by atoms with Crippen molar-refractivity contribution in [2.45, 2.75) is 25.7 Å². The maximum atomic E-state index is 12.2. The summed E-state index contributed by atoms with van der Waals surface area (Å²) in [6, 6.07) is 8.25. The van der Waals surface area contributed by atoms with Crippen LogP contribution in [0.2, 0.25) is 0 Å². The Kier molecular flexibility index (Phi) is 4.15. The Morgan fingerprint density at radius 1 is 1.24 bits per heavy atom. The van der Waals surface area contributed by atoms with Gasteiger partial charge >= 0.3 is 0 Å². The Hall–Kier alpha value is -1.94. The van der Waals surface area contributed by atoms with E-state index in [1.807, 2.05) is 29.2 Å². The lowest BCUT2D eigenvalue weighted by molar-refractivity contribution is -0.116. The van der Waals surface area contributed by atoms with Gasteiger partial charge in [-0.25, -0.2) is 0 Å². The van der Waals surface area contributed by atoms with Crippen molar-refractivity contribution in [3.63, 3.8) is 0 Å². The summed E-state index contributed by atoms with van der Waals surface area (Å²) < 4.78 is 0. The molecule has 0 spiro atoms. The number of anilines is 1. The van der Waals surface area contributed by atoms with Crippen LogP contribution >= 0.6 is 12.2 Å². The van der Waals surface area contributed by atoms with Crippen LogP contribution in [0.5, 0.6) is 0 Å². The number of para-hydroxylation sites is 1. The second kappa shape index (κ2) is 6.22. The van der Waals surface area contributed by atoms with Crippen molar-refractivity contribution in [3.05, 3.63) is 53.6 Å². The standard InChI is InChI=1S/C17H18N2OS/c20-16(14-8-2-1-3-9-14)18-17(21)19-12-6-10-13-7-4-5-11-15(13)19/h1-2,4-5,7,9,11H,3,6,8,10,12H2,(H,18,20,21). The van der Waals surface area contributed by atoms with Gasteiger partial charge in [0.2, 0.25) is 0 Å². The van der Waals surface area contributed by atoms with Crippen molar-refractivity contribution in [1.29, 1.82) is 0 Å². The average Bonchev–Trinajstić information content (AvgIpc) is 2.55. The zero-order chi connectivity index (χ0) is 14.7. The molecule has 1 heterocycles. The van der Waals surface area contributed by atoms with Crippen LogP contribution in [0.25, 0.3) is 0 Å². The number of allylic oxidation sites excluding steroid dienone is 3. The van der Waals surface area contributed by atoms with Gasteiger partial charge in [-0.15, -0.1) is 0 Å². The molecule has 0 atom stereocenters. The summed E-state index contributed by atoms with van der Waals surface area (Å²) in [5.74, 6) is -0.0765. The SMILES string of the molecule is O=C(NC(=S)N1CCCc2ccccc21)C1=CCC=CC1. The molecule has 1 aromatic carbocycles. The lowest BCUT2D eigenvalue weighted by Gasteiger charge is -2.31. The topological polar surface area (TPSA) is 32.3 Å². The van der Waals surface area contributed by atoms with Gasteiger partial charge in [-0.05, 0) is 49.5 Å². The molecule has 0 fully saturated rings. The third-order valence-corrected chi connectivity index (χ3v) is 4.19. The molecule has 0 bridgehead atoms. The zero-order valence-electron chi connectivity index (χ0n) is 11.8. The summed E-state index contributed by atoms with van der Waals surface area (Å²) in [4.78, 5) is 14.3. The number of carbonyl (C=O) groups excluding carboxylic acids is 1. The zero-order valence-corrected chi connectivity index (χ0v) is 12.7. The Morgan fingerprint density at radius 2 is 2.10 bits per heavy atom. The molecular weight excluding hydrogens is 280 g/mol. The van der Waals surface area contributed by atoms with E-state index in [2.05, 4.69) is 23.5 Å². The highest BCUT2D eigenvalue weighted by atomic mass is 32.1. The predicted molar refractivity (Wildman–Crippen MR) is 89.3 cm³/mol. The Labute approximate surface area is 130 Å². The number of nitrogens with zero attached hydrogens (tertiary/aromatic N) is 1. The Balaban J connectivity index is 1.72. The third kappa shape index (κ3) is 3.05. The normalized spacial score (nSPS) is 17.0. The number of hydrogen-bond acceptors (Lipinski definition) is 2. The lowest BCUT2D eigenvalue weighted by atomic mass is 10.0. The van der Waals surface area contributed by atoms with Crippen LogP contribution in [0.1, 0.15) is 24.8 Å². The van der Waals surface area contributed by atoms with Crippen LogP contribution in [0.15, 0.2) is 48.1 Å². The minimum atomic E-state index is -0.0765. The molecule has 108 valence electrons. The van der Waals surface area contributed by atoms with Crippen LogP contribution in [0.4, 0.5) is 5.69 Å². The molecule has 3 rings (SSSR count). The van der Waals surface area contributed by atoms with E-state index in [1.54, 1.807) is 0 Å². The van der Waals surface area contributed by atoms with Crippen molar-refractivity contribution >= 4 is 28.9 Å². The molecule has 1 amide bonds. The van der Waals surface area contributed by atoms with E-state index in [0.717, 1.165) is 37.1 Å². The molecule has 4 heteroatoms. The number of carbonyl (C=O) groups is 1. The van der Waals surface area contributed by atoms with Crippen molar-refractivity contribution in [1.82, 2.24) is 5.32 Å². The largest absolute Gasteiger partial charge is 0.318 e. The molecular formula is C17H18N2OS. The summed E-state index contributed by atoms with van der Waals surface area (Å²) in [6.07, 6.45) is 9.68. The van der Waals surface area contributed by atoms with E-state index >= 15 is 0 Å². The minimum absolute atomic E-state index is 0.0765. The fraction of sp³-hybridized carbons (Fsp3) is 0.294. The smallest absolute Gasteiger partial charge is 0.253 e. The van der Waals surface area contributed by atoms with Crippen molar-refractivity contribution in [2.75, 3.05) is 11.4 Å². The number of fused-ring (bicyclic) bond motifs is 1. The first-order valence-corrected chi connectivity index (χ1v) is 7.71. The number of nitrogens with one attached hydrogen (secondary N) is 1. The Bertz CT molecular complexity index is 633. The van der Waals surface area contributed by atoms with Gasteiger partial charge in [-0.2, -0.15) is 0 Å². The number of benzene rings is 1. The van der Waals surface area contributed by atoms with E-state index in [4.69, 9.17) is 12.2 Å². The number of hydrogen-bond donors (Lipinski definition) is 1. The first kappa shape index (κ1) is 14.0. The van der Waals surface area contributed by atoms with E-state index in [9.17, 15) is 4.79 Å². The number of amides is 1. The van der Waals surface area contributed by atoms with Crippen molar-refractivity contribution < 1.29 is 4.79 Å².